The van der Waals surface area contributed by atoms with Crippen molar-refractivity contribution in [3.05, 3.63) is 41.7 Å². The summed E-state index contributed by atoms with van der Waals surface area (Å²) in [6.45, 7) is 9.68. The van der Waals surface area contributed by atoms with Gasteiger partial charge in [-0.05, 0) is 19.5 Å². The van der Waals surface area contributed by atoms with E-state index >= 15 is 0 Å². The summed E-state index contributed by atoms with van der Waals surface area (Å²) in [4.78, 5) is 0. The third-order valence-corrected chi connectivity index (χ3v) is 2.39. The first-order chi connectivity index (χ1) is 8.15. The SMILES string of the molecule is C=C(C)CCOc1c(F)cccc1CNCC. The average Bonchev–Trinajstić information content (AvgIpc) is 2.29. The van der Waals surface area contributed by atoms with Crippen molar-refractivity contribution in [2.75, 3.05) is 13.2 Å². The summed E-state index contributed by atoms with van der Waals surface area (Å²) in [5.41, 5.74) is 1.89. The summed E-state index contributed by atoms with van der Waals surface area (Å²) in [7, 11) is 0. The highest BCUT2D eigenvalue weighted by Gasteiger charge is 2.09. The fourth-order valence-corrected chi connectivity index (χ4v) is 1.44. The van der Waals surface area contributed by atoms with Crippen molar-refractivity contribution in [2.24, 2.45) is 0 Å². The maximum atomic E-state index is 13.6. The van der Waals surface area contributed by atoms with Crippen LogP contribution in [0, 0.1) is 5.82 Å². The summed E-state index contributed by atoms with van der Waals surface area (Å²) in [5, 5.41) is 3.17. The molecule has 17 heavy (non-hydrogen) atoms. The third kappa shape index (κ3) is 4.57. The van der Waals surface area contributed by atoms with E-state index in [0.29, 0.717) is 18.9 Å². The topological polar surface area (TPSA) is 21.3 Å². The number of benzene rings is 1. The van der Waals surface area contributed by atoms with Crippen LogP contribution in [0.1, 0.15) is 25.8 Å². The number of nitrogens with one attached hydrogen (secondary N) is 1. The van der Waals surface area contributed by atoms with Crippen LogP contribution < -0.4 is 10.1 Å². The van der Waals surface area contributed by atoms with Gasteiger partial charge in [0.15, 0.2) is 11.6 Å². The van der Waals surface area contributed by atoms with Gasteiger partial charge in [0.1, 0.15) is 0 Å². The first kappa shape index (κ1) is 13.7. The van der Waals surface area contributed by atoms with Gasteiger partial charge < -0.3 is 10.1 Å². The molecule has 0 saturated heterocycles. The number of hydrogen-bond acceptors (Lipinski definition) is 2. The summed E-state index contributed by atoms with van der Waals surface area (Å²) >= 11 is 0. The highest BCUT2D eigenvalue weighted by atomic mass is 19.1. The normalized spacial score (nSPS) is 10.3. The van der Waals surface area contributed by atoms with Gasteiger partial charge in [-0.2, -0.15) is 0 Å². The third-order valence-electron chi connectivity index (χ3n) is 2.39. The Labute approximate surface area is 102 Å². The van der Waals surface area contributed by atoms with Crippen LogP contribution in [0.15, 0.2) is 30.4 Å². The molecule has 0 heterocycles. The van der Waals surface area contributed by atoms with Crippen LogP contribution in [0.5, 0.6) is 5.75 Å². The molecule has 1 N–H and O–H groups in total. The van der Waals surface area contributed by atoms with Crippen LogP contribution in [0.2, 0.25) is 0 Å². The fraction of sp³-hybridized carbons (Fsp3) is 0.429. The molecular formula is C14H20FNO. The Hall–Kier alpha value is -1.35. The zero-order valence-electron chi connectivity index (χ0n) is 10.6. The molecule has 0 amide bonds. The Morgan fingerprint density at radius 2 is 2.24 bits per heavy atom. The molecule has 0 bridgehead atoms. The summed E-state index contributed by atoms with van der Waals surface area (Å²) in [5.74, 6) is 0.0526. The Morgan fingerprint density at radius 1 is 1.47 bits per heavy atom. The minimum atomic E-state index is -0.304. The Balaban J connectivity index is 2.69. The lowest BCUT2D eigenvalue weighted by molar-refractivity contribution is 0.301. The molecule has 0 radical (unpaired) electrons. The maximum absolute atomic E-state index is 13.6. The zero-order chi connectivity index (χ0) is 12.7. The smallest absolute Gasteiger partial charge is 0.165 e. The van der Waals surface area contributed by atoms with Crippen molar-refractivity contribution in [1.82, 2.24) is 5.32 Å². The lowest BCUT2D eigenvalue weighted by Gasteiger charge is -2.12. The van der Waals surface area contributed by atoms with Gasteiger partial charge in [-0.3, -0.25) is 0 Å². The minimum Gasteiger partial charge on any atom is -0.490 e. The number of halogens is 1. The summed E-state index contributed by atoms with van der Waals surface area (Å²) < 4.78 is 19.1. The molecule has 0 aliphatic heterocycles. The van der Waals surface area contributed by atoms with E-state index in [0.717, 1.165) is 24.1 Å². The quantitative estimate of drug-likeness (QED) is 0.735. The molecule has 94 valence electrons. The monoisotopic (exact) mass is 237 g/mol. The van der Waals surface area contributed by atoms with Gasteiger partial charge >= 0.3 is 0 Å². The summed E-state index contributed by atoms with van der Waals surface area (Å²) in [6, 6.07) is 5.00. The van der Waals surface area contributed by atoms with E-state index in [1.165, 1.54) is 6.07 Å². The predicted molar refractivity (Wildman–Crippen MR) is 68.7 cm³/mol. The van der Waals surface area contributed by atoms with Gasteiger partial charge in [0.25, 0.3) is 0 Å². The van der Waals surface area contributed by atoms with Crippen molar-refractivity contribution in [3.63, 3.8) is 0 Å². The van der Waals surface area contributed by atoms with Crippen LogP contribution in [-0.2, 0) is 6.54 Å². The molecular weight excluding hydrogens is 217 g/mol. The Morgan fingerprint density at radius 3 is 2.88 bits per heavy atom. The van der Waals surface area contributed by atoms with Gasteiger partial charge in [-0.25, -0.2) is 4.39 Å². The van der Waals surface area contributed by atoms with Gasteiger partial charge in [0.05, 0.1) is 6.61 Å². The molecule has 0 spiro atoms. The average molecular weight is 237 g/mol. The molecule has 3 heteroatoms. The van der Waals surface area contributed by atoms with Crippen LogP contribution in [0.4, 0.5) is 4.39 Å². The van der Waals surface area contributed by atoms with Crippen molar-refractivity contribution in [1.29, 1.82) is 0 Å². The summed E-state index contributed by atoms with van der Waals surface area (Å²) in [6.07, 6.45) is 0.745. The van der Waals surface area contributed by atoms with E-state index in [-0.39, 0.29) is 5.82 Å². The molecule has 1 rings (SSSR count). The Kier molecular flexibility index (Phi) is 5.70. The van der Waals surface area contributed by atoms with Crippen molar-refractivity contribution >= 4 is 0 Å². The first-order valence-electron chi connectivity index (χ1n) is 5.90. The van der Waals surface area contributed by atoms with E-state index < -0.39 is 0 Å². The van der Waals surface area contributed by atoms with Gasteiger partial charge in [-0.1, -0.05) is 24.6 Å². The van der Waals surface area contributed by atoms with Crippen molar-refractivity contribution in [3.8, 4) is 5.75 Å². The fourth-order valence-electron chi connectivity index (χ4n) is 1.44. The molecule has 0 saturated carbocycles. The van der Waals surface area contributed by atoms with Gasteiger partial charge in [0.2, 0.25) is 0 Å². The molecule has 1 aromatic rings. The van der Waals surface area contributed by atoms with E-state index in [2.05, 4.69) is 11.9 Å². The van der Waals surface area contributed by atoms with Crippen LogP contribution in [0.3, 0.4) is 0 Å². The molecule has 0 aliphatic rings. The van der Waals surface area contributed by atoms with E-state index in [1.807, 2.05) is 19.9 Å². The van der Waals surface area contributed by atoms with Gasteiger partial charge in [0, 0.05) is 18.5 Å². The molecule has 0 unspecified atom stereocenters. The molecule has 0 fully saturated rings. The largest absolute Gasteiger partial charge is 0.490 e. The lowest BCUT2D eigenvalue weighted by atomic mass is 10.2. The second-order valence-electron chi connectivity index (χ2n) is 4.06. The first-order valence-corrected chi connectivity index (χ1v) is 5.90. The minimum absolute atomic E-state index is 0.304. The molecule has 0 aliphatic carbocycles. The second-order valence-corrected chi connectivity index (χ2v) is 4.06. The zero-order valence-corrected chi connectivity index (χ0v) is 10.6. The lowest BCUT2D eigenvalue weighted by Crippen LogP contribution is -2.13. The molecule has 1 aromatic carbocycles. The van der Waals surface area contributed by atoms with Crippen molar-refractivity contribution in [2.45, 2.75) is 26.8 Å². The molecule has 0 atom stereocenters. The second kappa shape index (κ2) is 7.07. The van der Waals surface area contributed by atoms with Crippen molar-refractivity contribution < 1.29 is 9.13 Å². The van der Waals surface area contributed by atoms with Crippen LogP contribution in [-0.4, -0.2) is 13.2 Å². The highest BCUT2D eigenvalue weighted by Crippen LogP contribution is 2.23. The van der Waals surface area contributed by atoms with Gasteiger partial charge in [-0.15, -0.1) is 6.58 Å². The predicted octanol–water partition coefficient (Wildman–Crippen LogP) is 3.28. The standard InChI is InChI=1S/C14H20FNO/c1-4-16-10-12-6-5-7-13(15)14(12)17-9-8-11(2)3/h5-7,16H,2,4,8-10H2,1,3H3. The highest BCUT2D eigenvalue weighted by molar-refractivity contribution is 5.34. The molecule has 0 aromatic heterocycles. The number of para-hydroxylation sites is 1. The van der Waals surface area contributed by atoms with E-state index in [1.54, 1.807) is 6.07 Å². The van der Waals surface area contributed by atoms with Crippen LogP contribution >= 0.6 is 0 Å². The number of ether oxygens (including phenoxy) is 1. The van der Waals surface area contributed by atoms with E-state index in [9.17, 15) is 4.39 Å². The Bertz CT molecular complexity index is 376. The van der Waals surface area contributed by atoms with Crippen LogP contribution in [0.25, 0.3) is 0 Å². The molecule has 2 nitrogen and oxygen atoms in total. The van der Waals surface area contributed by atoms with E-state index in [4.69, 9.17) is 4.74 Å². The maximum Gasteiger partial charge on any atom is 0.165 e. The number of rotatable bonds is 7. The number of hydrogen-bond donors (Lipinski definition) is 1.